The fraction of sp³-hybridized carbons (Fsp3) is 0.733. The Labute approximate surface area is 119 Å². The number of aromatic nitrogens is 2. The molecule has 1 aromatic rings. The minimum absolute atomic E-state index is 0.0302. The second-order valence-corrected chi connectivity index (χ2v) is 6.02. The summed E-state index contributed by atoms with van der Waals surface area (Å²) in [7, 11) is 0. The molecule has 110 valence electrons. The summed E-state index contributed by atoms with van der Waals surface area (Å²) in [5, 5.41) is 16.6. The molecule has 0 spiro atoms. The maximum absolute atomic E-state index is 12.4. The van der Waals surface area contributed by atoms with Crippen LogP contribution in [0.25, 0.3) is 0 Å². The van der Waals surface area contributed by atoms with E-state index in [0.29, 0.717) is 11.6 Å². The molecule has 2 N–H and O–H groups in total. The molecule has 20 heavy (non-hydrogen) atoms. The summed E-state index contributed by atoms with van der Waals surface area (Å²) in [5.41, 5.74) is 1.61. The second kappa shape index (κ2) is 5.95. The minimum atomic E-state index is -0.0418. The van der Waals surface area contributed by atoms with Gasteiger partial charge in [-0.15, -0.1) is 0 Å². The van der Waals surface area contributed by atoms with Crippen LogP contribution in [-0.4, -0.2) is 45.3 Å². The van der Waals surface area contributed by atoms with E-state index in [-0.39, 0.29) is 18.6 Å². The van der Waals surface area contributed by atoms with Crippen LogP contribution in [0.1, 0.15) is 67.0 Å². The molecule has 3 rings (SSSR count). The van der Waals surface area contributed by atoms with Crippen LogP contribution < -0.4 is 0 Å². The van der Waals surface area contributed by atoms with Gasteiger partial charge in [-0.25, -0.2) is 0 Å². The van der Waals surface area contributed by atoms with Gasteiger partial charge in [0.2, 0.25) is 0 Å². The number of nitrogens with zero attached hydrogens (tertiary/aromatic N) is 2. The number of hydrogen-bond acceptors (Lipinski definition) is 3. The van der Waals surface area contributed by atoms with Crippen LogP contribution in [-0.2, 0) is 0 Å². The molecule has 0 aromatic carbocycles. The molecule has 0 unspecified atom stereocenters. The molecule has 1 aromatic heterocycles. The highest BCUT2D eigenvalue weighted by atomic mass is 16.3. The van der Waals surface area contributed by atoms with Gasteiger partial charge in [-0.3, -0.25) is 9.89 Å². The quantitative estimate of drug-likeness (QED) is 0.888. The van der Waals surface area contributed by atoms with Gasteiger partial charge in [-0.05, 0) is 31.7 Å². The van der Waals surface area contributed by atoms with E-state index in [0.717, 1.165) is 25.1 Å². The fourth-order valence-corrected chi connectivity index (χ4v) is 3.51. The lowest BCUT2D eigenvalue weighted by atomic mass is 9.87. The Bertz CT molecular complexity index is 465. The van der Waals surface area contributed by atoms with Gasteiger partial charge >= 0.3 is 0 Å². The van der Waals surface area contributed by atoms with Crippen LogP contribution in [0.4, 0.5) is 0 Å². The molecular formula is C15H23N3O2. The number of carbonyl (C=O) groups excluding carboxylic acids is 1. The zero-order valence-electron chi connectivity index (χ0n) is 11.8. The maximum Gasteiger partial charge on any atom is 0.274 e. The van der Waals surface area contributed by atoms with Crippen LogP contribution in [0, 0.1) is 0 Å². The predicted molar refractivity (Wildman–Crippen MR) is 75.6 cm³/mol. The van der Waals surface area contributed by atoms with E-state index < -0.39 is 0 Å². The molecule has 0 bridgehead atoms. The molecular weight excluding hydrogens is 254 g/mol. The van der Waals surface area contributed by atoms with Gasteiger partial charge in [-0.2, -0.15) is 5.10 Å². The SMILES string of the molecule is O=C(c1cc(C2CCCCC2)[nH]n1)N1CCC[C@@H]1CO. The third-order valence-electron chi connectivity index (χ3n) is 4.71. The minimum Gasteiger partial charge on any atom is -0.394 e. The number of hydrogen-bond donors (Lipinski definition) is 2. The van der Waals surface area contributed by atoms with Crippen molar-refractivity contribution in [1.82, 2.24) is 15.1 Å². The highest BCUT2D eigenvalue weighted by molar-refractivity contribution is 5.92. The highest BCUT2D eigenvalue weighted by Crippen LogP contribution is 2.32. The van der Waals surface area contributed by atoms with Gasteiger partial charge in [0.15, 0.2) is 0 Å². The van der Waals surface area contributed by atoms with Crippen molar-refractivity contribution in [3.05, 3.63) is 17.5 Å². The number of aliphatic hydroxyl groups excluding tert-OH is 1. The molecule has 2 heterocycles. The van der Waals surface area contributed by atoms with Crippen molar-refractivity contribution in [2.24, 2.45) is 0 Å². The predicted octanol–water partition coefficient (Wildman–Crippen LogP) is 2.05. The molecule has 1 amide bonds. The number of H-pyrrole nitrogens is 1. The Morgan fingerprint density at radius 1 is 1.30 bits per heavy atom. The molecule has 1 aliphatic heterocycles. The van der Waals surface area contributed by atoms with Gasteiger partial charge < -0.3 is 10.0 Å². The lowest BCUT2D eigenvalue weighted by molar-refractivity contribution is 0.0671. The molecule has 1 saturated heterocycles. The van der Waals surface area contributed by atoms with E-state index in [1.807, 2.05) is 6.07 Å². The monoisotopic (exact) mass is 277 g/mol. The van der Waals surface area contributed by atoms with E-state index in [1.165, 1.54) is 32.1 Å². The fourth-order valence-electron chi connectivity index (χ4n) is 3.51. The number of likely N-dealkylation sites (tertiary alicyclic amines) is 1. The smallest absolute Gasteiger partial charge is 0.274 e. The van der Waals surface area contributed by atoms with Crippen molar-refractivity contribution in [2.45, 2.75) is 56.9 Å². The summed E-state index contributed by atoms with van der Waals surface area (Å²) in [6, 6.07) is 1.89. The lowest BCUT2D eigenvalue weighted by Gasteiger charge is -2.22. The summed E-state index contributed by atoms with van der Waals surface area (Å²) >= 11 is 0. The first-order valence-electron chi connectivity index (χ1n) is 7.76. The van der Waals surface area contributed by atoms with Gasteiger partial charge in [0.1, 0.15) is 5.69 Å². The van der Waals surface area contributed by atoms with Crippen molar-refractivity contribution in [3.8, 4) is 0 Å². The Kier molecular flexibility index (Phi) is 4.05. The normalized spacial score (nSPS) is 24.2. The van der Waals surface area contributed by atoms with Crippen LogP contribution in [0.15, 0.2) is 6.07 Å². The molecule has 1 atom stereocenters. The Balaban J connectivity index is 1.71. The summed E-state index contributed by atoms with van der Waals surface area (Å²) < 4.78 is 0. The Hall–Kier alpha value is -1.36. The van der Waals surface area contributed by atoms with Crippen molar-refractivity contribution in [1.29, 1.82) is 0 Å². The molecule has 5 nitrogen and oxygen atoms in total. The van der Waals surface area contributed by atoms with Crippen molar-refractivity contribution in [3.63, 3.8) is 0 Å². The van der Waals surface area contributed by atoms with Crippen LogP contribution in [0.5, 0.6) is 0 Å². The first kappa shape index (κ1) is 13.6. The van der Waals surface area contributed by atoms with Crippen LogP contribution in [0.2, 0.25) is 0 Å². The first-order chi connectivity index (χ1) is 9.79. The molecule has 1 saturated carbocycles. The molecule has 2 fully saturated rings. The second-order valence-electron chi connectivity index (χ2n) is 6.02. The van der Waals surface area contributed by atoms with Crippen LogP contribution >= 0.6 is 0 Å². The van der Waals surface area contributed by atoms with Gasteiger partial charge in [-0.1, -0.05) is 19.3 Å². The van der Waals surface area contributed by atoms with Gasteiger partial charge in [0.25, 0.3) is 5.91 Å². The number of aliphatic hydroxyl groups is 1. The van der Waals surface area contributed by atoms with E-state index in [2.05, 4.69) is 10.2 Å². The third kappa shape index (κ3) is 2.59. The largest absolute Gasteiger partial charge is 0.394 e. The highest BCUT2D eigenvalue weighted by Gasteiger charge is 2.30. The molecule has 5 heteroatoms. The van der Waals surface area contributed by atoms with Crippen molar-refractivity contribution >= 4 is 5.91 Å². The zero-order chi connectivity index (χ0) is 13.9. The van der Waals surface area contributed by atoms with E-state index >= 15 is 0 Å². The average molecular weight is 277 g/mol. The van der Waals surface area contributed by atoms with E-state index in [4.69, 9.17) is 0 Å². The summed E-state index contributed by atoms with van der Waals surface area (Å²) in [6.45, 7) is 0.779. The van der Waals surface area contributed by atoms with Gasteiger partial charge in [0, 0.05) is 18.2 Å². The number of carbonyl (C=O) groups is 1. The lowest BCUT2D eigenvalue weighted by Crippen LogP contribution is -2.37. The Morgan fingerprint density at radius 2 is 2.10 bits per heavy atom. The summed E-state index contributed by atoms with van der Waals surface area (Å²) in [6.07, 6.45) is 8.11. The van der Waals surface area contributed by atoms with Gasteiger partial charge in [0.05, 0.1) is 12.6 Å². The number of aromatic amines is 1. The van der Waals surface area contributed by atoms with Crippen molar-refractivity contribution < 1.29 is 9.90 Å². The topological polar surface area (TPSA) is 69.2 Å². The third-order valence-corrected chi connectivity index (χ3v) is 4.71. The van der Waals surface area contributed by atoms with E-state index in [9.17, 15) is 9.90 Å². The number of rotatable bonds is 3. The number of nitrogens with one attached hydrogen (secondary N) is 1. The zero-order valence-corrected chi connectivity index (χ0v) is 11.8. The molecule has 0 radical (unpaired) electrons. The number of amides is 1. The molecule has 2 aliphatic rings. The Morgan fingerprint density at radius 3 is 2.85 bits per heavy atom. The summed E-state index contributed by atoms with van der Waals surface area (Å²) in [5.74, 6) is 0.491. The van der Waals surface area contributed by atoms with E-state index in [1.54, 1.807) is 4.90 Å². The first-order valence-corrected chi connectivity index (χ1v) is 7.76. The van der Waals surface area contributed by atoms with Crippen LogP contribution in [0.3, 0.4) is 0 Å². The maximum atomic E-state index is 12.4. The van der Waals surface area contributed by atoms with Crippen molar-refractivity contribution in [2.75, 3.05) is 13.2 Å². The molecule has 1 aliphatic carbocycles. The average Bonchev–Trinajstić information content (AvgIpc) is 3.16. The summed E-state index contributed by atoms with van der Waals surface area (Å²) in [4.78, 5) is 14.2. The standard InChI is InChI=1S/C15H23N3O2/c19-10-12-7-4-8-18(12)15(20)14-9-13(16-17-14)11-5-2-1-3-6-11/h9,11-12,19H,1-8,10H2,(H,16,17)/t12-/m1/s1.